The Kier molecular flexibility index (Phi) is 19.8. The summed E-state index contributed by atoms with van der Waals surface area (Å²) in [5, 5.41) is -6.15. The van der Waals surface area contributed by atoms with Gasteiger partial charge in [0, 0.05) is 28.3 Å². The summed E-state index contributed by atoms with van der Waals surface area (Å²) in [6.45, 7) is -2.44. The van der Waals surface area contributed by atoms with Crippen molar-refractivity contribution in [3.05, 3.63) is 189 Å². The highest BCUT2D eigenvalue weighted by Crippen LogP contribution is 2.51. The molecule has 462 valence electrons. The van der Waals surface area contributed by atoms with E-state index in [4.69, 9.17) is 28.0 Å². The largest absolute Gasteiger partial charge is 0.416 e. The summed E-state index contributed by atoms with van der Waals surface area (Å²) in [7, 11) is -7.70. The topological polar surface area (TPSA) is 55.4 Å². The Morgan fingerprint density at radius 3 is 0.894 bits per heavy atom. The molecule has 0 saturated carbocycles. The van der Waals surface area contributed by atoms with Crippen molar-refractivity contribution in [1.82, 2.24) is 0 Å². The van der Waals surface area contributed by atoms with E-state index >= 15 is 0 Å². The number of benzene rings is 6. The van der Waals surface area contributed by atoms with Crippen molar-refractivity contribution in [2.24, 2.45) is 0 Å². The molecule has 6 aromatic carbocycles. The van der Waals surface area contributed by atoms with Crippen LogP contribution in [0.3, 0.4) is 0 Å². The Balaban J connectivity index is 1.62. The van der Waals surface area contributed by atoms with Gasteiger partial charge in [0.1, 0.15) is 24.4 Å². The molecule has 1 fully saturated rings. The van der Waals surface area contributed by atoms with Crippen LogP contribution < -0.4 is 21.2 Å². The molecule has 0 unspecified atom stereocenters. The predicted octanol–water partition coefficient (Wildman–Crippen LogP) is 16.2. The van der Waals surface area contributed by atoms with Crippen LogP contribution in [0.4, 0.5) is 105 Å². The van der Waals surface area contributed by atoms with Gasteiger partial charge in [-0.05, 0) is 83.9 Å². The Morgan fingerprint density at radius 2 is 0.624 bits per heavy atom. The molecule has 6 aromatic rings. The van der Waals surface area contributed by atoms with Crippen molar-refractivity contribution < 1.29 is 133 Å². The fourth-order valence-electron chi connectivity index (χ4n) is 8.27. The quantitative estimate of drug-likeness (QED) is 0.0711. The van der Waals surface area contributed by atoms with E-state index in [2.05, 4.69) is 0 Å². The summed E-state index contributed by atoms with van der Waals surface area (Å²) in [5.74, 6) is 0. The minimum atomic E-state index is -5.84. The first-order valence-electron chi connectivity index (χ1n) is 23.7. The molecule has 1 saturated heterocycles. The fourth-order valence-corrected chi connectivity index (χ4v) is 12.4. The molecule has 7 rings (SSSR count). The van der Waals surface area contributed by atoms with E-state index in [1.807, 2.05) is 0 Å². The van der Waals surface area contributed by atoms with Crippen molar-refractivity contribution in [2.45, 2.75) is 93.3 Å². The third-order valence-corrected chi connectivity index (χ3v) is 16.0. The van der Waals surface area contributed by atoms with E-state index in [0.717, 1.165) is 7.11 Å². The number of ether oxygens (including phenoxy) is 4. The smallest absolute Gasteiger partial charge is 0.374 e. The molecule has 32 heteroatoms. The number of halogens is 24. The van der Waals surface area contributed by atoms with E-state index in [9.17, 15) is 105 Å². The second kappa shape index (κ2) is 25.2. The van der Waals surface area contributed by atoms with Gasteiger partial charge in [-0.1, -0.05) is 60.7 Å². The van der Waals surface area contributed by atoms with Crippen molar-refractivity contribution in [3.63, 3.8) is 0 Å². The van der Waals surface area contributed by atoms with Gasteiger partial charge in [-0.2, -0.15) is 105 Å². The van der Waals surface area contributed by atoms with Gasteiger partial charge in [0.2, 0.25) is 0 Å². The van der Waals surface area contributed by atoms with E-state index < -0.39 is 206 Å². The SMILES string of the molecule is CO[C@H]1O[C@H](COCc2ccccc2)[C@@H](OP(c2cc(C(F)(F)F)cc(C(F)(F)F)c2)c2cc(C(F)(F)F)cc(C(F)(F)F)c2)[C@H](OP(c2cc(C(F)(F)F)cc(C(F)(F)F)c2)c2cc(C(F)(F)F)cc(C(F)(F)F)c2)[C@@H]1OCc1ccccc1. The Morgan fingerprint density at radius 1 is 0.353 bits per heavy atom. The van der Waals surface area contributed by atoms with Gasteiger partial charge >= 0.3 is 49.4 Å². The lowest BCUT2D eigenvalue weighted by molar-refractivity contribution is -0.298. The van der Waals surface area contributed by atoms with Crippen molar-refractivity contribution >= 4 is 37.5 Å². The molecule has 1 aliphatic heterocycles. The lowest BCUT2D eigenvalue weighted by atomic mass is 9.99. The highest BCUT2D eigenvalue weighted by molar-refractivity contribution is 7.69. The molecule has 1 heterocycles. The third-order valence-electron chi connectivity index (χ3n) is 12.2. The van der Waals surface area contributed by atoms with Gasteiger partial charge in [-0.3, -0.25) is 0 Å². The highest BCUT2D eigenvalue weighted by atomic mass is 31.1. The molecule has 0 spiro atoms. The highest BCUT2D eigenvalue weighted by Gasteiger charge is 2.53. The number of rotatable bonds is 16. The Bertz CT molecular complexity index is 2950. The van der Waals surface area contributed by atoms with Crippen LogP contribution in [0.2, 0.25) is 0 Å². The molecule has 0 aliphatic carbocycles. The second-order valence-corrected chi connectivity index (χ2v) is 22.0. The van der Waals surface area contributed by atoms with E-state index in [1.165, 1.54) is 60.7 Å². The first kappa shape index (κ1) is 66.8. The molecule has 0 amide bonds. The molecule has 6 nitrogen and oxygen atoms in total. The van der Waals surface area contributed by atoms with Crippen LogP contribution in [-0.2, 0) is 90.6 Å². The molecule has 1 aliphatic rings. The zero-order valence-corrected chi connectivity index (χ0v) is 43.9. The maximum atomic E-state index is 14.7. The standard InChI is InChI=1S/C53H36F24O6P2/c1-78-45-44(80-25-28-10-6-3-7-11-28)43(83-85(39-20-33(50(66,67)68)14-34(21-39)51(69,70)71)40-22-35(52(72,73)74)15-36(23-40)53(75,76)77)42(41(81-45)26-79-24-27-8-4-2-5-9-27)82-84(37-16-29(46(54,55)56)12-30(17-37)47(57,58)59)38-18-31(48(60,61)62)13-32(19-38)49(63,64)65/h2-23,41-45H,24-26H2,1H3/t41-,42-,43+,44+,45+/m1/s1. The first-order chi connectivity index (χ1) is 39.1. The van der Waals surface area contributed by atoms with Crippen LogP contribution in [-0.4, -0.2) is 44.4 Å². The summed E-state index contributed by atoms with van der Waals surface area (Å²) in [6, 6.07) is 10.6. The summed E-state index contributed by atoms with van der Waals surface area (Å²) < 4.78 is 388. The molecule has 0 N–H and O–H groups in total. The van der Waals surface area contributed by atoms with Crippen molar-refractivity contribution in [1.29, 1.82) is 0 Å². The molecular formula is C53H36F24O6P2. The van der Waals surface area contributed by atoms with Crippen molar-refractivity contribution in [2.75, 3.05) is 13.7 Å². The summed E-state index contributed by atoms with van der Waals surface area (Å²) >= 11 is 0. The monoisotopic (exact) mass is 1290 g/mol. The predicted molar refractivity (Wildman–Crippen MR) is 255 cm³/mol. The molecule has 0 aromatic heterocycles. The van der Waals surface area contributed by atoms with Gasteiger partial charge in [-0.15, -0.1) is 0 Å². The molecule has 5 atom stereocenters. The average Bonchev–Trinajstić information content (AvgIpc) is 3.21. The first-order valence-corrected chi connectivity index (χ1v) is 26.2. The lowest BCUT2D eigenvalue weighted by Gasteiger charge is -2.47. The zero-order chi connectivity index (χ0) is 63.0. The fraction of sp³-hybridized carbons (Fsp3) is 0.321. The number of alkyl halides is 24. The molecular weight excluding hydrogens is 1250 g/mol. The minimum absolute atomic E-state index is 0.110. The zero-order valence-electron chi connectivity index (χ0n) is 42.1. The summed E-state index contributed by atoms with van der Waals surface area (Å²) in [5.41, 5.74) is -17.8. The van der Waals surface area contributed by atoms with Gasteiger partial charge in [0.05, 0.1) is 80.6 Å². The molecule has 85 heavy (non-hydrogen) atoms. The van der Waals surface area contributed by atoms with Crippen molar-refractivity contribution in [3.8, 4) is 0 Å². The Labute approximate surface area is 466 Å². The third kappa shape index (κ3) is 17.1. The van der Waals surface area contributed by atoms with Crippen LogP contribution in [0.1, 0.15) is 55.6 Å². The average molecular weight is 1290 g/mol. The number of hydrogen-bond donors (Lipinski definition) is 0. The van der Waals surface area contributed by atoms with Gasteiger partial charge < -0.3 is 28.0 Å². The Hall–Kier alpha value is -5.74. The maximum absolute atomic E-state index is 14.7. The summed E-state index contributed by atoms with van der Waals surface area (Å²) in [4.78, 5) is 0. The lowest BCUT2D eigenvalue weighted by Crippen LogP contribution is -2.61. The van der Waals surface area contributed by atoms with E-state index in [1.54, 1.807) is 0 Å². The molecule has 0 radical (unpaired) electrons. The van der Waals surface area contributed by atoms with Gasteiger partial charge in [0.25, 0.3) is 0 Å². The normalized spacial score (nSPS) is 18.8. The van der Waals surface area contributed by atoms with Gasteiger partial charge in [-0.25, -0.2) is 0 Å². The number of hydrogen-bond acceptors (Lipinski definition) is 6. The van der Waals surface area contributed by atoms with Crippen LogP contribution in [0.5, 0.6) is 0 Å². The van der Waals surface area contributed by atoms with Crippen LogP contribution >= 0.6 is 16.3 Å². The second-order valence-electron chi connectivity index (χ2n) is 18.3. The van der Waals surface area contributed by atoms with E-state index in [0.29, 0.717) is 0 Å². The number of methoxy groups -OCH3 is 1. The minimum Gasteiger partial charge on any atom is -0.374 e. The van der Waals surface area contributed by atoms with Crippen LogP contribution in [0, 0.1) is 0 Å². The molecule has 0 bridgehead atoms. The van der Waals surface area contributed by atoms with E-state index in [-0.39, 0.29) is 59.7 Å². The van der Waals surface area contributed by atoms with Gasteiger partial charge in [0.15, 0.2) is 6.29 Å². The van der Waals surface area contributed by atoms with Crippen LogP contribution in [0.25, 0.3) is 0 Å². The maximum Gasteiger partial charge on any atom is 0.416 e. The van der Waals surface area contributed by atoms with Crippen LogP contribution in [0.15, 0.2) is 133 Å². The summed E-state index contributed by atoms with van der Waals surface area (Å²) in [6.07, 6.45) is -59.1.